The summed E-state index contributed by atoms with van der Waals surface area (Å²) in [7, 11) is 1.63. The minimum absolute atomic E-state index is 0.136. The van der Waals surface area contributed by atoms with Crippen molar-refractivity contribution in [3.05, 3.63) is 107 Å². The van der Waals surface area contributed by atoms with Crippen molar-refractivity contribution in [2.75, 3.05) is 7.11 Å². The van der Waals surface area contributed by atoms with Gasteiger partial charge in [-0.2, -0.15) is 0 Å². The van der Waals surface area contributed by atoms with Gasteiger partial charge in [-0.1, -0.05) is 66.7 Å². The van der Waals surface area contributed by atoms with Crippen LogP contribution in [0.1, 0.15) is 28.3 Å². The summed E-state index contributed by atoms with van der Waals surface area (Å²) in [5.41, 5.74) is 4.23. The Kier molecular flexibility index (Phi) is 6.06. The van der Waals surface area contributed by atoms with E-state index < -0.39 is 0 Å². The molecule has 0 radical (unpaired) electrons. The third-order valence-electron chi connectivity index (χ3n) is 4.46. The van der Waals surface area contributed by atoms with E-state index in [1.165, 1.54) is 0 Å². The molecule has 0 aliphatic rings. The van der Waals surface area contributed by atoms with Gasteiger partial charge in [-0.15, -0.1) is 0 Å². The molecule has 3 heteroatoms. The lowest BCUT2D eigenvalue weighted by atomic mass is 9.95. The molecule has 0 fully saturated rings. The van der Waals surface area contributed by atoms with Crippen molar-refractivity contribution >= 4 is 12.0 Å². The van der Waals surface area contributed by atoms with E-state index in [-0.39, 0.29) is 11.9 Å². The molecule has 27 heavy (non-hydrogen) atoms. The highest BCUT2D eigenvalue weighted by atomic mass is 16.5. The quantitative estimate of drug-likeness (QED) is 0.636. The van der Waals surface area contributed by atoms with E-state index in [1.807, 2.05) is 66.7 Å². The minimum atomic E-state index is -0.194. The molecule has 3 nitrogen and oxygen atoms in total. The number of amides is 1. The summed E-state index contributed by atoms with van der Waals surface area (Å²) in [4.78, 5) is 12.6. The number of carbonyl (C=O) groups excluding carboxylic acids is 1. The molecule has 1 N–H and O–H groups in total. The molecule has 0 aliphatic heterocycles. The Morgan fingerprint density at radius 3 is 2.26 bits per heavy atom. The molecule has 0 spiro atoms. The van der Waals surface area contributed by atoms with Gasteiger partial charge >= 0.3 is 0 Å². The molecule has 0 heterocycles. The topological polar surface area (TPSA) is 38.3 Å². The van der Waals surface area contributed by atoms with Crippen LogP contribution in [0, 0.1) is 6.92 Å². The summed E-state index contributed by atoms with van der Waals surface area (Å²) in [6.07, 6.45) is 3.37. The minimum Gasteiger partial charge on any atom is -0.497 e. The van der Waals surface area contributed by atoms with Gasteiger partial charge < -0.3 is 10.1 Å². The van der Waals surface area contributed by atoms with Crippen LogP contribution >= 0.6 is 0 Å². The van der Waals surface area contributed by atoms with E-state index in [0.29, 0.717) is 0 Å². The largest absolute Gasteiger partial charge is 0.497 e. The van der Waals surface area contributed by atoms with Crippen LogP contribution in [-0.2, 0) is 4.79 Å². The van der Waals surface area contributed by atoms with Crippen molar-refractivity contribution in [3.8, 4) is 5.75 Å². The van der Waals surface area contributed by atoms with Gasteiger partial charge in [0.15, 0.2) is 0 Å². The molecule has 0 aromatic heterocycles. The molecule has 1 amide bonds. The SMILES string of the molecule is COc1ccc(/C=C/C(=O)NC(c2ccccc2)c2ccccc2C)cc1. The van der Waals surface area contributed by atoms with Crippen LogP contribution in [0.25, 0.3) is 6.08 Å². The zero-order valence-corrected chi connectivity index (χ0v) is 15.6. The van der Waals surface area contributed by atoms with Gasteiger partial charge in [-0.05, 0) is 47.4 Å². The predicted octanol–water partition coefficient (Wildman–Crippen LogP) is 4.92. The van der Waals surface area contributed by atoms with Crippen molar-refractivity contribution < 1.29 is 9.53 Å². The zero-order chi connectivity index (χ0) is 19.1. The first kappa shape index (κ1) is 18.5. The highest BCUT2D eigenvalue weighted by Crippen LogP contribution is 2.24. The smallest absolute Gasteiger partial charge is 0.244 e. The maximum atomic E-state index is 12.6. The van der Waals surface area contributed by atoms with Gasteiger partial charge in [0.05, 0.1) is 13.2 Å². The van der Waals surface area contributed by atoms with Gasteiger partial charge in [0.2, 0.25) is 5.91 Å². The molecule has 3 aromatic carbocycles. The molecule has 0 bridgehead atoms. The van der Waals surface area contributed by atoms with Crippen molar-refractivity contribution in [3.63, 3.8) is 0 Å². The third-order valence-corrected chi connectivity index (χ3v) is 4.46. The summed E-state index contributed by atoms with van der Waals surface area (Å²) in [6.45, 7) is 2.06. The molecule has 3 aromatic rings. The Balaban J connectivity index is 1.80. The Bertz CT molecular complexity index is 915. The fraction of sp³-hybridized carbons (Fsp3) is 0.125. The first-order valence-corrected chi connectivity index (χ1v) is 8.90. The zero-order valence-electron chi connectivity index (χ0n) is 15.6. The predicted molar refractivity (Wildman–Crippen MR) is 110 cm³/mol. The molecule has 136 valence electrons. The molecule has 1 unspecified atom stereocenters. The van der Waals surface area contributed by atoms with Crippen molar-refractivity contribution in [1.29, 1.82) is 0 Å². The number of ether oxygens (including phenoxy) is 1. The Morgan fingerprint density at radius 2 is 1.59 bits per heavy atom. The van der Waals surface area contributed by atoms with Gasteiger partial charge in [-0.25, -0.2) is 0 Å². The van der Waals surface area contributed by atoms with Crippen molar-refractivity contribution in [1.82, 2.24) is 5.32 Å². The fourth-order valence-corrected chi connectivity index (χ4v) is 2.97. The standard InChI is InChI=1S/C24H23NO2/c1-18-8-6-7-11-22(18)24(20-9-4-3-5-10-20)25-23(26)17-14-19-12-15-21(27-2)16-13-19/h3-17,24H,1-2H3,(H,25,26)/b17-14+. The van der Waals surface area contributed by atoms with E-state index >= 15 is 0 Å². The second-order valence-electron chi connectivity index (χ2n) is 6.32. The number of rotatable bonds is 6. The first-order chi connectivity index (χ1) is 13.2. The first-order valence-electron chi connectivity index (χ1n) is 8.90. The lowest BCUT2D eigenvalue weighted by Gasteiger charge is -2.21. The van der Waals surface area contributed by atoms with Crippen LogP contribution in [0.5, 0.6) is 5.75 Å². The molecule has 3 rings (SSSR count). The fourth-order valence-electron chi connectivity index (χ4n) is 2.97. The lowest BCUT2D eigenvalue weighted by Crippen LogP contribution is -2.28. The number of nitrogens with one attached hydrogen (secondary N) is 1. The Labute approximate surface area is 160 Å². The maximum Gasteiger partial charge on any atom is 0.244 e. The third kappa shape index (κ3) is 4.85. The molecule has 0 saturated carbocycles. The number of hydrogen-bond acceptors (Lipinski definition) is 2. The monoisotopic (exact) mass is 357 g/mol. The highest BCUT2D eigenvalue weighted by molar-refractivity contribution is 5.92. The Morgan fingerprint density at radius 1 is 0.926 bits per heavy atom. The molecular weight excluding hydrogens is 334 g/mol. The molecule has 0 saturated heterocycles. The summed E-state index contributed by atoms with van der Waals surface area (Å²) in [5.74, 6) is 0.656. The van der Waals surface area contributed by atoms with E-state index in [1.54, 1.807) is 19.3 Å². The molecule has 1 atom stereocenters. The van der Waals surface area contributed by atoms with Crippen LogP contribution in [0.4, 0.5) is 0 Å². The molecular formula is C24H23NO2. The second kappa shape index (κ2) is 8.86. The summed E-state index contributed by atoms with van der Waals surface area (Å²) in [6, 6.07) is 25.5. The van der Waals surface area contributed by atoms with Crippen molar-refractivity contribution in [2.45, 2.75) is 13.0 Å². The summed E-state index contributed by atoms with van der Waals surface area (Å²) < 4.78 is 5.15. The average molecular weight is 357 g/mol. The number of benzene rings is 3. The van der Waals surface area contributed by atoms with E-state index in [9.17, 15) is 4.79 Å². The van der Waals surface area contributed by atoms with Gasteiger partial charge in [0.25, 0.3) is 0 Å². The normalized spacial score (nSPS) is 11.9. The summed E-state index contributed by atoms with van der Waals surface area (Å²) in [5, 5.41) is 3.13. The summed E-state index contributed by atoms with van der Waals surface area (Å²) >= 11 is 0. The number of carbonyl (C=O) groups is 1. The van der Waals surface area contributed by atoms with Gasteiger partial charge in [-0.3, -0.25) is 4.79 Å². The van der Waals surface area contributed by atoms with E-state index in [4.69, 9.17) is 4.74 Å². The second-order valence-corrected chi connectivity index (χ2v) is 6.32. The van der Waals surface area contributed by atoms with Crippen LogP contribution in [0.15, 0.2) is 84.9 Å². The van der Waals surface area contributed by atoms with Gasteiger partial charge in [0, 0.05) is 6.08 Å². The van der Waals surface area contributed by atoms with Crippen LogP contribution in [-0.4, -0.2) is 13.0 Å². The van der Waals surface area contributed by atoms with E-state index in [2.05, 4.69) is 24.4 Å². The highest BCUT2D eigenvalue weighted by Gasteiger charge is 2.17. The number of hydrogen-bond donors (Lipinski definition) is 1. The maximum absolute atomic E-state index is 12.6. The van der Waals surface area contributed by atoms with Crippen LogP contribution in [0.2, 0.25) is 0 Å². The Hall–Kier alpha value is -3.33. The lowest BCUT2D eigenvalue weighted by molar-refractivity contribution is -0.116. The van der Waals surface area contributed by atoms with Crippen molar-refractivity contribution in [2.24, 2.45) is 0 Å². The van der Waals surface area contributed by atoms with Crippen LogP contribution in [0.3, 0.4) is 0 Å². The van der Waals surface area contributed by atoms with Crippen LogP contribution < -0.4 is 10.1 Å². The van der Waals surface area contributed by atoms with E-state index in [0.717, 1.165) is 28.0 Å². The number of methoxy groups -OCH3 is 1. The molecule has 0 aliphatic carbocycles. The van der Waals surface area contributed by atoms with Gasteiger partial charge in [0.1, 0.15) is 5.75 Å². The average Bonchev–Trinajstić information content (AvgIpc) is 2.72. The number of aryl methyl sites for hydroxylation is 1.